The predicted octanol–water partition coefficient (Wildman–Crippen LogP) is 5.26. The summed E-state index contributed by atoms with van der Waals surface area (Å²) in [7, 11) is -3.44. The lowest BCUT2D eigenvalue weighted by Crippen LogP contribution is -2.27. The number of rotatable bonds is 8. The molecule has 0 saturated heterocycles. The third-order valence-corrected chi connectivity index (χ3v) is 4.03. The van der Waals surface area contributed by atoms with Crippen molar-refractivity contribution in [2.45, 2.75) is 45.9 Å². The summed E-state index contributed by atoms with van der Waals surface area (Å²) < 4.78 is 17.7. The monoisotopic (exact) mass is 336 g/mol. The summed E-state index contributed by atoms with van der Waals surface area (Å²) in [5, 5.41) is 0. The zero-order valence-electron chi connectivity index (χ0n) is 14.6. The Balaban J connectivity index is 2.77. The highest BCUT2D eigenvalue weighted by molar-refractivity contribution is 6.70. The summed E-state index contributed by atoms with van der Waals surface area (Å²) in [6, 6.07) is 10.0. The normalized spacial score (nSPS) is 12.7. The lowest BCUT2D eigenvalue weighted by molar-refractivity contribution is 0.0908. The molecule has 22 heavy (non-hydrogen) atoms. The molecule has 3 nitrogen and oxygen atoms in total. The van der Waals surface area contributed by atoms with Crippen LogP contribution < -0.4 is 0 Å². The fraction of sp³-hybridized carbons (Fsp3) is 0.412. The quantitative estimate of drug-likeness (QED) is 0.368. The van der Waals surface area contributed by atoms with Crippen molar-refractivity contribution in [1.82, 2.24) is 0 Å². The Kier molecular flexibility index (Phi) is 6.50. The minimum absolute atomic E-state index is 0.470. The minimum atomic E-state index is -1.76. The van der Waals surface area contributed by atoms with Crippen LogP contribution in [0.2, 0.25) is 39.3 Å². The average molecular weight is 337 g/mol. The SMILES string of the molecule is C=C(C=C(OCc1ccccc1)O[Si](C)(C)C)O[Si](C)(C)C. The topological polar surface area (TPSA) is 27.7 Å². The molecule has 0 amide bonds. The molecule has 0 saturated carbocycles. The van der Waals surface area contributed by atoms with E-state index in [1.165, 1.54) is 0 Å². The van der Waals surface area contributed by atoms with E-state index in [-0.39, 0.29) is 0 Å². The Morgan fingerprint density at radius 2 is 1.50 bits per heavy atom. The summed E-state index contributed by atoms with van der Waals surface area (Å²) in [5.41, 5.74) is 1.10. The van der Waals surface area contributed by atoms with Crippen LogP contribution in [0.15, 0.2) is 54.7 Å². The van der Waals surface area contributed by atoms with E-state index in [1.807, 2.05) is 30.3 Å². The summed E-state index contributed by atoms with van der Waals surface area (Å²) in [4.78, 5) is 0. The molecular formula is C17H28O3Si2. The molecule has 5 heteroatoms. The molecule has 1 rings (SSSR count). The molecule has 0 aliphatic heterocycles. The second-order valence-electron chi connectivity index (χ2n) is 7.13. The van der Waals surface area contributed by atoms with Crippen LogP contribution in [0.1, 0.15) is 5.56 Å². The average Bonchev–Trinajstić information content (AvgIpc) is 2.33. The van der Waals surface area contributed by atoms with Gasteiger partial charge in [0.25, 0.3) is 5.95 Å². The van der Waals surface area contributed by atoms with Gasteiger partial charge < -0.3 is 13.6 Å². The molecule has 0 fully saturated rings. The van der Waals surface area contributed by atoms with Crippen LogP contribution in [0.5, 0.6) is 0 Å². The van der Waals surface area contributed by atoms with Gasteiger partial charge in [-0.1, -0.05) is 36.9 Å². The molecule has 0 heterocycles. The molecule has 0 aliphatic carbocycles. The molecule has 0 N–H and O–H groups in total. The molecular weight excluding hydrogens is 308 g/mol. The van der Waals surface area contributed by atoms with Crippen molar-refractivity contribution >= 4 is 16.6 Å². The second-order valence-corrected chi connectivity index (χ2v) is 16.0. The zero-order chi connectivity index (χ0) is 16.8. The molecule has 0 aromatic heterocycles. The lowest BCUT2D eigenvalue weighted by atomic mass is 10.2. The lowest BCUT2D eigenvalue weighted by Gasteiger charge is -2.24. The van der Waals surface area contributed by atoms with Gasteiger partial charge in [-0.15, -0.1) is 0 Å². The van der Waals surface area contributed by atoms with Gasteiger partial charge in [-0.3, -0.25) is 0 Å². The van der Waals surface area contributed by atoms with Crippen LogP contribution in [-0.2, 0) is 20.2 Å². The molecule has 1 aromatic carbocycles. The maximum absolute atomic E-state index is 6.00. The van der Waals surface area contributed by atoms with Crippen LogP contribution in [-0.4, -0.2) is 16.6 Å². The standard InChI is InChI=1S/C17H28O3Si2/c1-15(19-21(2,3)4)13-17(20-22(5,6)7)18-14-16-11-9-8-10-12-16/h8-13H,1,14H2,2-7H3. The van der Waals surface area contributed by atoms with Crippen LogP contribution in [0.4, 0.5) is 0 Å². The Morgan fingerprint density at radius 3 is 2.00 bits per heavy atom. The van der Waals surface area contributed by atoms with Gasteiger partial charge in [-0.2, -0.15) is 0 Å². The van der Waals surface area contributed by atoms with Crippen molar-refractivity contribution < 1.29 is 13.6 Å². The van der Waals surface area contributed by atoms with Gasteiger partial charge in [0, 0.05) is 0 Å². The number of hydrogen-bond acceptors (Lipinski definition) is 3. The zero-order valence-corrected chi connectivity index (χ0v) is 16.6. The Morgan fingerprint density at radius 1 is 0.955 bits per heavy atom. The Hall–Kier alpha value is -1.47. The first-order chi connectivity index (χ1) is 10.1. The number of hydrogen-bond donors (Lipinski definition) is 0. The smallest absolute Gasteiger partial charge is 0.269 e. The first-order valence-electron chi connectivity index (χ1n) is 7.50. The fourth-order valence-corrected chi connectivity index (χ4v) is 3.25. The van der Waals surface area contributed by atoms with Gasteiger partial charge in [-0.05, 0) is 44.8 Å². The minimum Gasteiger partial charge on any atom is -0.545 e. The number of allylic oxidation sites excluding steroid dienone is 1. The Labute approximate surface area is 136 Å². The number of benzene rings is 1. The van der Waals surface area contributed by atoms with Crippen LogP contribution in [0, 0.1) is 0 Å². The summed E-state index contributed by atoms with van der Waals surface area (Å²) in [5.74, 6) is 1.09. The van der Waals surface area contributed by atoms with Gasteiger partial charge in [0.1, 0.15) is 12.4 Å². The van der Waals surface area contributed by atoms with E-state index in [0.717, 1.165) is 5.56 Å². The van der Waals surface area contributed by atoms with Crippen molar-refractivity contribution in [3.63, 3.8) is 0 Å². The predicted molar refractivity (Wildman–Crippen MR) is 97.3 cm³/mol. The first-order valence-corrected chi connectivity index (χ1v) is 14.3. The Bertz CT molecular complexity index is 511. The molecule has 0 aliphatic rings. The van der Waals surface area contributed by atoms with E-state index >= 15 is 0 Å². The van der Waals surface area contributed by atoms with Gasteiger partial charge in [0.2, 0.25) is 16.6 Å². The van der Waals surface area contributed by atoms with Crippen molar-refractivity contribution in [3.8, 4) is 0 Å². The van der Waals surface area contributed by atoms with Gasteiger partial charge in [0.15, 0.2) is 0 Å². The van der Waals surface area contributed by atoms with Crippen molar-refractivity contribution in [3.05, 3.63) is 60.3 Å². The highest BCUT2D eigenvalue weighted by atomic mass is 28.4. The van der Waals surface area contributed by atoms with E-state index in [9.17, 15) is 0 Å². The summed E-state index contributed by atoms with van der Waals surface area (Å²) in [6.45, 7) is 17.1. The molecule has 0 bridgehead atoms. The van der Waals surface area contributed by atoms with Crippen LogP contribution in [0.3, 0.4) is 0 Å². The van der Waals surface area contributed by atoms with Gasteiger partial charge >= 0.3 is 0 Å². The van der Waals surface area contributed by atoms with E-state index < -0.39 is 16.6 Å². The molecule has 0 spiro atoms. The number of ether oxygens (including phenoxy) is 1. The van der Waals surface area contributed by atoms with E-state index in [0.29, 0.717) is 18.3 Å². The van der Waals surface area contributed by atoms with Crippen molar-refractivity contribution in [2.24, 2.45) is 0 Å². The summed E-state index contributed by atoms with van der Waals surface area (Å²) in [6.07, 6.45) is 1.76. The van der Waals surface area contributed by atoms with Gasteiger partial charge in [0.05, 0.1) is 6.08 Å². The van der Waals surface area contributed by atoms with Crippen LogP contribution in [0.25, 0.3) is 0 Å². The summed E-state index contributed by atoms with van der Waals surface area (Å²) >= 11 is 0. The fourth-order valence-electron chi connectivity index (χ4n) is 1.69. The van der Waals surface area contributed by atoms with E-state index in [2.05, 4.69) is 45.9 Å². The largest absolute Gasteiger partial charge is 0.545 e. The third kappa shape index (κ3) is 8.74. The molecule has 0 atom stereocenters. The van der Waals surface area contributed by atoms with Crippen molar-refractivity contribution in [1.29, 1.82) is 0 Å². The van der Waals surface area contributed by atoms with Gasteiger partial charge in [-0.25, -0.2) is 0 Å². The highest BCUT2D eigenvalue weighted by Crippen LogP contribution is 2.18. The molecule has 0 unspecified atom stereocenters. The highest BCUT2D eigenvalue weighted by Gasteiger charge is 2.21. The maximum atomic E-state index is 6.00. The molecule has 0 radical (unpaired) electrons. The van der Waals surface area contributed by atoms with Crippen LogP contribution >= 0.6 is 0 Å². The maximum Gasteiger partial charge on any atom is 0.269 e. The first kappa shape index (κ1) is 18.6. The third-order valence-electron chi connectivity index (χ3n) is 2.35. The molecule has 1 aromatic rings. The van der Waals surface area contributed by atoms with E-state index in [4.69, 9.17) is 13.6 Å². The van der Waals surface area contributed by atoms with E-state index in [1.54, 1.807) is 6.08 Å². The van der Waals surface area contributed by atoms with Crippen molar-refractivity contribution in [2.75, 3.05) is 0 Å². The molecule has 122 valence electrons. The second kappa shape index (κ2) is 7.69.